The van der Waals surface area contributed by atoms with Crippen molar-refractivity contribution >= 4 is 29.5 Å². The van der Waals surface area contributed by atoms with Gasteiger partial charge in [0.15, 0.2) is 0 Å². The largest absolute Gasteiger partial charge is 0.343 e. The molecule has 1 aliphatic rings. The highest BCUT2D eigenvalue weighted by atomic mass is 35.5. The van der Waals surface area contributed by atoms with Crippen LogP contribution in [-0.4, -0.2) is 29.4 Å². The number of rotatable bonds is 5. The molecule has 1 aromatic rings. The third-order valence-corrected chi connectivity index (χ3v) is 6.18. The van der Waals surface area contributed by atoms with Gasteiger partial charge in [0.25, 0.3) is 0 Å². The molecule has 0 aliphatic carbocycles. The third-order valence-electron chi connectivity index (χ3n) is 4.46. The molecule has 1 fully saturated rings. The van der Waals surface area contributed by atoms with Crippen LogP contribution in [0.5, 0.6) is 0 Å². The van der Waals surface area contributed by atoms with Crippen molar-refractivity contribution in [3.8, 4) is 0 Å². The molecule has 1 saturated heterocycles. The van der Waals surface area contributed by atoms with Gasteiger partial charge >= 0.3 is 0 Å². The van der Waals surface area contributed by atoms with E-state index in [4.69, 9.17) is 11.6 Å². The fourth-order valence-electron chi connectivity index (χ4n) is 2.91. The second-order valence-corrected chi connectivity index (χ2v) is 8.53. The van der Waals surface area contributed by atoms with Gasteiger partial charge in [-0.05, 0) is 63.3 Å². The van der Waals surface area contributed by atoms with Crippen molar-refractivity contribution in [2.45, 2.75) is 69.7 Å². The quantitative estimate of drug-likeness (QED) is 0.724. The molecule has 1 aromatic carbocycles. The van der Waals surface area contributed by atoms with E-state index in [1.807, 2.05) is 19.1 Å². The van der Waals surface area contributed by atoms with Crippen molar-refractivity contribution in [3.05, 3.63) is 28.8 Å². The molecule has 5 heteroatoms. The summed E-state index contributed by atoms with van der Waals surface area (Å²) < 4.78 is 3.45. The van der Waals surface area contributed by atoms with E-state index in [2.05, 4.69) is 29.5 Å². The Morgan fingerprint density at radius 3 is 2.50 bits per heavy atom. The first kappa shape index (κ1) is 19.6. The normalized spacial score (nSPS) is 16.6. The number of amides is 1. The molecule has 1 N–H and O–H groups in total. The standard InChI is InChI=1S/C19H29ClN2OS/c1-15-16(20)10-9-11-17(15)24-21-19(2,3)14-18(23)22-12-7-5-4-6-8-13-22/h9-11,21H,4-8,12-14H2,1-3H3. The molecule has 134 valence electrons. The SMILES string of the molecule is Cc1c(Cl)cccc1SNC(C)(C)CC(=O)N1CCCCCCC1. The molecule has 3 nitrogen and oxygen atoms in total. The molecule has 1 aliphatic heterocycles. The molecule has 1 amide bonds. The van der Waals surface area contributed by atoms with Gasteiger partial charge in [-0.2, -0.15) is 0 Å². The fourth-order valence-corrected chi connectivity index (χ4v) is 4.01. The number of benzene rings is 1. The van der Waals surface area contributed by atoms with Gasteiger partial charge in [-0.3, -0.25) is 9.52 Å². The minimum atomic E-state index is -0.265. The Balaban J connectivity index is 1.89. The molecule has 2 rings (SSSR count). The Kier molecular flexibility index (Phi) is 7.45. The highest BCUT2D eigenvalue weighted by Gasteiger charge is 2.25. The maximum atomic E-state index is 12.7. The second kappa shape index (κ2) is 9.12. The monoisotopic (exact) mass is 368 g/mol. The van der Waals surface area contributed by atoms with E-state index in [1.165, 1.54) is 19.3 Å². The van der Waals surface area contributed by atoms with Crippen molar-refractivity contribution in [2.24, 2.45) is 0 Å². The molecular formula is C19H29ClN2OS. The Bertz CT molecular complexity index is 554. The molecule has 24 heavy (non-hydrogen) atoms. The zero-order chi connectivity index (χ0) is 17.6. The summed E-state index contributed by atoms with van der Waals surface area (Å²) in [6, 6.07) is 5.91. The lowest BCUT2D eigenvalue weighted by atomic mass is 10.0. The van der Waals surface area contributed by atoms with Crippen LogP contribution < -0.4 is 4.72 Å². The molecular weight excluding hydrogens is 340 g/mol. The number of likely N-dealkylation sites (tertiary alicyclic amines) is 1. The molecule has 0 aromatic heterocycles. The fraction of sp³-hybridized carbons (Fsp3) is 0.632. The van der Waals surface area contributed by atoms with Gasteiger partial charge in [-0.1, -0.05) is 36.9 Å². The van der Waals surface area contributed by atoms with Gasteiger partial charge in [0.2, 0.25) is 5.91 Å². The van der Waals surface area contributed by atoms with E-state index in [0.29, 0.717) is 6.42 Å². The topological polar surface area (TPSA) is 32.3 Å². The number of carbonyl (C=O) groups excluding carboxylic acids is 1. The predicted molar refractivity (Wildman–Crippen MR) is 104 cm³/mol. The molecule has 0 bridgehead atoms. The van der Waals surface area contributed by atoms with E-state index < -0.39 is 0 Å². The summed E-state index contributed by atoms with van der Waals surface area (Å²) in [5, 5.41) is 0.774. The van der Waals surface area contributed by atoms with Gasteiger partial charge < -0.3 is 4.90 Å². The minimum absolute atomic E-state index is 0.262. The Hall–Kier alpha value is -0.710. The molecule has 0 unspecified atom stereocenters. The number of halogens is 1. The number of nitrogens with one attached hydrogen (secondary N) is 1. The van der Waals surface area contributed by atoms with Crippen LogP contribution in [0, 0.1) is 6.92 Å². The van der Waals surface area contributed by atoms with Crippen molar-refractivity contribution in [2.75, 3.05) is 13.1 Å². The van der Waals surface area contributed by atoms with Gasteiger partial charge in [0.05, 0.1) is 0 Å². The zero-order valence-corrected chi connectivity index (χ0v) is 16.6. The van der Waals surface area contributed by atoms with Crippen molar-refractivity contribution < 1.29 is 4.79 Å². The third kappa shape index (κ3) is 5.98. The number of hydrogen-bond donors (Lipinski definition) is 1. The first-order valence-corrected chi connectivity index (χ1v) is 10.1. The first-order chi connectivity index (χ1) is 11.4. The predicted octanol–water partition coefficient (Wildman–Crippen LogP) is 5.21. The van der Waals surface area contributed by atoms with Crippen LogP contribution in [-0.2, 0) is 4.79 Å². The van der Waals surface area contributed by atoms with Crippen molar-refractivity contribution in [1.82, 2.24) is 9.62 Å². The summed E-state index contributed by atoms with van der Waals surface area (Å²) >= 11 is 7.74. The summed E-state index contributed by atoms with van der Waals surface area (Å²) in [4.78, 5) is 15.8. The van der Waals surface area contributed by atoms with Crippen LogP contribution in [0.3, 0.4) is 0 Å². The molecule has 0 saturated carbocycles. The summed E-state index contributed by atoms with van der Waals surface area (Å²) in [6.07, 6.45) is 6.58. The maximum Gasteiger partial charge on any atom is 0.224 e. The van der Waals surface area contributed by atoms with Crippen LogP contribution in [0.4, 0.5) is 0 Å². The second-order valence-electron chi connectivity index (χ2n) is 7.28. The van der Waals surface area contributed by atoms with Crippen LogP contribution in [0.25, 0.3) is 0 Å². The lowest BCUT2D eigenvalue weighted by molar-refractivity contribution is -0.132. The van der Waals surface area contributed by atoms with Gasteiger partial charge in [0, 0.05) is 35.0 Å². The lowest BCUT2D eigenvalue weighted by Crippen LogP contribution is -2.43. The first-order valence-electron chi connectivity index (χ1n) is 8.86. The highest BCUT2D eigenvalue weighted by Crippen LogP contribution is 2.28. The average Bonchev–Trinajstić information content (AvgIpc) is 2.48. The summed E-state index contributed by atoms with van der Waals surface area (Å²) in [7, 11) is 0. The van der Waals surface area contributed by atoms with Gasteiger partial charge in [-0.15, -0.1) is 0 Å². The van der Waals surface area contributed by atoms with E-state index in [1.54, 1.807) is 11.9 Å². The summed E-state index contributed by atoms with van der Waals surface area (Å²) in [6.45, 7) is 8.01. The van der Waals surface area contributed by atoms with Crippen LogP contribution >= 0.6 is 23.5 Å². The Morgan fingerprint density at radius 1 is 1.21 bits per heavy atom. The van der Waals surface area contributed by atoms with Gasteiger partial charge in [0.1, 0.15) is 0 Å². The van der Waals surface area contributed by atoms with E-state index in [-0.39, 0.29) is 11.4 Å². The van der Waals surface area contributed by atoms with Gasteiger partial charge in [-0.25, -0.2) is 0 Å². The number of carbonyl (C=O) groups is 1. The molecule has 0 radical (unpaired) electrons. The minimum Gasteiger partial charge on any atom is -0.343 e. The smallest absolute Gasteiger partial charge is 0.224 e. The van der Waals surface area contributed by atoms with Crippen molar-refractivity contribution in [1.29, 1.82) is 0 Å². The average molecular weight is 369 g/mol. The van der Waals surface area contributed by atoms with Crippen molar-refractivity contribution in [3.63, 3.8) is 0 Å². The van der Waals surface area contributed by atoms with E-state index >= 15 is 0 Å². The molecule has 0 spiro atoms. The summed E-state index contributed by atoms with van der Waals surface area (Å²) in [5.74, 6) is 0.262. The molecule has 0 atom stereocenters. The highest BCUT2D eigenvalue weighted by molar-refractivity contribution is 7.97. The Morgan fingerprint density at radius 2 is 1.83 bits per heavy atom. The summed E-state index contributed by atoms with van der Waals surface area (Å²) in [5.41, 5.74) is 0.807. The molecule has 1 heterocycles. The van der Waals surface area contributed by atoms with Crippen LogP contribution in [0.15, 0.2) is 23.1 Å². The number of nitrogens with zero attached hydrogens (tertiary/aromatic N) is 1. The van der Waals surface area contributed by atoms with E-state index in [9.17, 15) is 4.79 Å². The Labute approximate surface area is 155 Å². The lowest BCUT2D eigenvalue weighted by Gasteiger charge is -2.30. The van der Waals surface area contributed by atoms with Crippen LogP contribution in [0.2, 0.25) is 5.02 Å². The van der Waals surface area contributed by atoms with Crippen LogP contribution in [0.1, 0.15) is 57.9 Å². The zero-order valence-electron chi connectivity index (χ0n) is 15.0. The maximum absolute atomic E-state index is 12.7. The van der Waals surface area contributed by atoms with E-state index in [0.717, 1.165) is 41.4 Å². The number of hydrogen-bond acceptors (Lipinski definition) is 3.